The van der Waals surface area contributed by atoms with E-state index in [-0.39, 0.29) is 5.91 Å². The Balaban J connectivity index is 2.25. The zero-order valence-corrected chi connectivity index (χ0v) is 14.6. The Morgan fingerprint density at radius 2 is 1.56 bits per heavy atom. The molecule has 2 aromatic rings. The van der Waals surface area contributed by atoms with E-state index in [2.05, 4.69) is 11.9 Å². The summed E-state index contributed by atoms with van der Waals surface area (Å²) in [6, 6.07) is 18.3. The number of hydrogen-bond acceptors (Lipinski definition) is 3. The summed E-state index contributed by atoms with van der Waals surface area (Å²) >= 11 is 0. The van der Waals surface area contributed by atoms with Gasteiger partial charge in [-0.15, -0.1) is 0 Å². The summed E-state index contributed by atoms with van der Waals surface area (Å²) in [5.41, 5.74) is 2.28. The number of nitrogens with one attached hydrogen (secondary N) is 1. The van der Waals surface area contributed by atoms with Crippen LogP contribution < -0.4 is 5.32 Å². The maximum Gasteiger partial charge on any atom is 0.303 e. The minimum Gasteiger partial charge on any atom is -0.456 e. The van der Waals surface area contributed by atoms with Crippen LogP contribution in [0.15, 0.2) is 72.8 Å². The van der Waals surface area contributed by atoms with Crippen molar-refractivity contribution in [3.63, 3.8) is 0 Å². The highest BCUT2D eigenvalue weighted by atomic mass is 16.5. The lowest BCUT2D eigenvalue weighted by molar-refractivity contribution is -0.145. The number of ether oxygens (including phenoxy) is 1. The van der Waals surface area contributed by atoms with Gasteiger partial charge in [0.2, 0.25) is 0 Å². The Hall–Kier alpha value is -2.88. The molecule has 0 aliphatic heterocycles. The normalized spacial score (nSPS) is 12.7. The Labute approximate surface area is 148 Å². The first-order valence-electron chi connectivity index (χ1n) is 8.20. The molecule has 0 bridgehead atoms. The lowest BCUT2D eigenvalue weighted by Gasteiger charge is -2.28. The van der Waals surface area contributed by atoms with Gasteiger partial charge in [0.25, 0.3) is 5.91 Å². The van der Waals surface area contributed by atoms with E-state index in [9.17, 15) is 9.59 Å². The van der Waals surface area contributed by atoms with Crippen LogP contribution in [0.5, 0.6) is 0 Å². The second kappa shape index (κ2) is 8.83. The van der Waals surface area contributed by atoms with E-state index in [1.807, 2.05) is 48.5 Å². The maximum atomic E-state index is 12.6. The van der Waals surface area contributed by atoms with E-state index < -0.39 is 18.1 Å². The largest absolute Gasteiger partial charge is 0.456 e. The third-order valence-electron chi connectivity index (χ3n) is 3.79. The number of esters is 1. The number of amides is 1. The molecule has 2 aromatic carbocycles. The molecule has 0 saturated carbocycles. The molecule has 0 radical (unpaired) electrons. The molecule has 25 heavy (non-hydrogen) atoms. The summed E-state index contributed by atoms with van der Waals surface area (Å²) in [5.74, 6) is -0.611. The van der Waals surface area contributed by atoms with Crippen LogP contribution in [0.2, 0.25) is 0 Å². The zero-order chi connectivity index (χ0) is 18.2. The van der Waals surface area contributed by atoms with Crippen molar-refractivity contribution in [2.45, 2.75) is 32.4 Å². The Morgan fingerprint density at radius 1 is 1.00 bits per heavy atom. The number of carbonyl (C=O) groups is 2. The molecule has 0 fully saturated rings. The Bertz CT molecular complexity index is 725. The molecular weight excluding hydrogens is 314 g/mol. The average molecular weight is 337 g/mol. The van der Waals surface area contributed by atoms with Gasteiger partial charge in [-0.05, 0) is 36.6 Å². The van der Waals surface area contributed by atoms with E-state index in [1.54, 1.807) is 19.1 Å². The van der Waals surface area contributed by atoms with Crippen molar-refractivity contribution < 1.29 is 14.3 Å². The smallest absolute Gasteiger partial charge is 0.303 e. The molecule has 0 aliphatic rings. The van der Waals surface area contributed by atoms with Crippen molar-refractivity contribution in [3.8, 4) is 0 Å². The number of rotatable bonds is 7. The van der Waals surface area contributed by atoms with Crippen molar-refractivity contribution in [3.05, 3.63) is 83.9 Å². The molecule has 1 N–H and O–H groups in total. The molecule has 1 amide bonds. The van der Waals surface area contributed by atoms with Crippen molar-refractivity contribution in [1.29, 1.82) is 0 Å². The fourth-order valence-electron chi connectivity index (χ4n) is 2.65. The predicted octanol–water partition coefficient (Wildman–Crippen LogP) is 3.54. The lowest BCUT2D eigenvalue weighted by Crippen LogP contribution is -2.47. The minimum absolute atomic E-state index is 0.208. The van der Waals surface area contributed by atoms with E-state index in [0.29, 0.717) is 17.6 Å². The summed E-state index contributed by atoms with van der Waals surface area (Å²) in [4.78, 5) is 24.1. The molecule has 0 spiro atoms. The molecule has 0 aliphatic carbocycles. The number of benzene rings is 2. The van der Waals surface area contributed by atoms with Crippen LogP contribution >= 0.6 is 0 Å². The second-order valence-electron chi connectivity index (χ2n) is 6.01. The van der Waals surface area contributed by atoms with Gasteiger partial charge in [-0.3, -0.25) is 9.59 Å². The van der Waals surface area contributed by atoms with E-state index in [4.69, 9.17) is 4.74 Å². The van der Waals surface area contributed by atoms with E-state index >= 15 is 0 Å². The predicted molar refractivity (Wildman–Crippen MR) is 98.2 cm³/mol. The maximum absolute atomic E-state index is 12.6. The number of carbonyl (C=O) groups excluding carboxylic acids is 2. The van der Waals surface area contributed by atoms with Crippen molar-refractivity contribution in [1.82, 2.24) is 5.32 Å². The monoisotopic (exact) mass is 337 g/mol. The van der Waals surface area contributed by atoms with Crippen LogP contribution in [0.4, 0.5) is 0 Å². The Kier molecular flexibility index (Phi) is 6.52. The fraction of sp³-hybridized carbons (Fsp3) is 0.238. The van der Waals surface area contributed by atoms with Crippen molar-refractivity contribution in [2.24, 2.45) is 0 Å². The van der Waals surface area contributed by atoms with Gasteiger partial charge in [-0.1, -0.05) is 55.1 Å². The number of hydrogen-bond donors (Lipinski definition) is 1. The average Bonchev–Trinajstić information content (AvgIpc) is 2.60. The third-order valence-corrected chi connectivity index (χ3v) is 3.79. The molecular formula is C21H23NO3. The molecule has 2 rings (SSSR count). The first-order chi connectivity index (χ1) is 12.0. The minimum atomic E-state index is -0.592. The third kappa shape index (κ3) is 5.60. The molecule has 4 heteroatoms. The quantitative estimate of drug-likeness (QED) is 0.621. The Morgan fingerprint density at radius 3 is 2.08 bits per heavy atom. The first-order valence-corrected chi connectivity index (χ1v) is 8.20. The molecule has 130 valence electrons. The van der Waals surface area contributed by atoms with Crippen LogP contribution in [0.3, 0.4) is 0 Å². The molecule has 0 aromatic heterocycles. The lowest BCUT2D eigenvalue weighted by atomic mass is 9.96. The molecule has 0 saturated heterocycles. The zero-order valence-electron chi connectivity index (χ0n) is 14.6. The van der Waals surface area contributed by atoms with Crippen LogP contribution in [-0.4, -0.2) is 24.0 Å². The van der Waals surface area contributed by atoms with E-state index in [1.165, 1.54) is 6.92 Å². The highest BCUT2D eigenvalue weighted by Gasteiger charge is 2.27. The summed E-state index contributed by atoms with van der Waals surface area (Å²) in [5, 5.41) is 2.99. The highest BCUT2D eigenvalue weighted by molar-refractivity contribution is 5.94. The topological polar surface area (TPSA) is 55.4 Å². The van der Waals surface area contributed by atoms with Gasteiger partial charge in [0.15, 0.2) is 0 Å². The summed E-state index contributed by atoms with van der Waals surface area (Å²) in [6.07, 6.45) is -0.0603. The van der Waals surface area contributed by atoms with Crippen LogP contribution in [-0.2, 0) is 16.0 Å². The molecule has 2 atom stereocenters. The standard InChI is InChI=1S/C21H23NO3/c1-15(2)20(25-16(3)23)19(14-17-10-6-4-7-11-17)22-21(24)18-12-8-5-9-13-18/h4-13,19-20H,1,14H2,2-3H3,(H,22,24)/t19-,20?/m0/s1. The first kappa shape index (κ1) is 18.5. The molecule has 1 unspecified atom stereocenters. The summed E-state index contributed by atoms with van der Waals surface area (Å²) in [7, 11) is 0. The van der Waals surface area contributed by atoms with Gasteiger partial charge in [0, 0.05) is 12.5 Å². The summed E-state index contributed by atoms with van der Waals surface area (Å²) in [6.45, 7) is 7.07. The van der Waals surface area contributed by atoms with E-state index in [0.717, 1.165) is 5.56 Å². The SMILES string of the molecule is C=C(C)C(OC(C)=O)[C@H](Cc1ccccc1)NC(=O)c1ccccc1. The fourth-order valence-corrected chi connectivity index (χ4v) is 2.65. The van der Waals surface area contributed by atoms with Crippen LogP contribution in [0.1, 0.15) is 29.8 Å². The van der Waals surface area contributed by atoms with Gasteiger partial charge in [0.05, 0.1) is 6.04 Å². The van der Waals surface area contributed by atoms with Gasteiger partial charge < -0.3 is 10.1 Å². The molecule has 4 nitrogen and oxygen atoms in total. The van der Waals surface area contributed by atoms with Crippen molar-refractivity contribution in [2.75, 3.05) is 0 Å². The van der Waals surface area contributed by atoms with Gasteiger partial charge in [-0.25, -0.2) is 0 Å². The van der Waals surface area contributed by atoms with Crippen LogP contribution in [0, 0.1) is 0 Å². The van der Waals surface area contributed by atoms with Gasteiger partial charge in [-0.2, -0.15) is 0 Å². The van der Waals surface area contributed by atoms with Crippen molar-refractivity contribution >= 4 is 11.9 Å². The highest BCUT2D eigenvalue weighted by Crippen LogP contribution is 2.16. The molecule has 0 heterocycles. The van der Waals surface area contributed by atoms with Gasteiger partial charge >= 0.3 is 5.97 Å². The second-order valence-corrected chi connectivity index (χ2v) is 6.01. The van der Waals surface area contributed by atoms with Crippen LogP contribution in [0.25, 0.3) is 0 Å². The van der Waals surface area contributed by atoms with Gasteiger partial charge in [0.1, 0.15) is 6.10 Å². The summed E-state index contributed by atoms with van der Waals surface area (Å²) < 4.78 is 5.43.